The van der Waals surface area contributed by atoms with Crippen LogP contribution in [0.4, 0.5) is 0 Å². The molecule has 0 saturated heterocycles. The van der Waals surface area contributed by atoms with Crippen LogP contribution in [-0.4, -0.2) is 43.2 Å². The number of H-pyrrole nitrogens is 1. The second kappa shape index (κ2) is 5.14. The Morgan fingerprint density at radius 2 is 2.18 bits per heavy atom. The predicted octanol–water partition coefficient (Wildman–Crippen LogP) is 2.13. The van der Waals surface area contributed by atoms with Crippen LogP contribution in [-0.2, 0) is 0 Å². The van der Waals surface area contributed by atoms with Gasteiger partial charge in [-0.1, -0.05) is 12.2 Å². The molecule has 0 radical (unpaired) electrons. The zero-order valence-corrected chi connectivity index (χ0v) is 11.9. The van der Waals surface area contributed by atoms with Crippen molar-refractivity contribution in [2.24, 2.45) is 0 Å². The van der Waals surface area contributed by atoms with Crippen LogP contribution in [0.25, 0.3) is 16.9 Å². The van der Waals surface area contributed by atoms with Crippen LogP contribution in [0.5, 0.6) is 0 Å². The van der Waals surface area contributed by atoms with Crippen molar-refractivity contribution in [1.82, 2.24) is 24.3 Å². The highest BCUT2D eigenvalue weighted by Gasteiger charge is 2.19. The highest BCUT2D eigenvalue weighted by Crippen LogP contribution is 2.18. The first-order valence-corrected chi connectivity index (χ1v) is 7.23. The molecule has 1 N–H and O–H groups in total. The number of hydrogen-bond acceptors (Lipinski definition) is 3. The van der Waals surface area contributed by atoms with Gasteiger partial charge in [0.2, 0.25) is 0 Å². The van der Waals surface area contributed by atoms with E-state index in [0.717, 1.165) is 29.9 Å². The van der Waals surface area contributed by atoms with Crippen LogP contribution in [0.2, 0.25) is 0 Å². The lowest BCUT2D eigenvalue weighted by Gasteiger charge is -2.22. The topological polar surface area (TPSA) is 66.3 Å². The molecule has 0 bridgehead atoms. The number of carbonyl (C=O) groups excluding carboxylic acids is 1. The smallest absolute Gasteiger partial charge is 0.274 e. The summed E-state index contributed by atoms with van der Waals surface area (Å²) in [6, 6.07) is 3.87. The van der Waals surface area contributed by atoms with Gasteiger partial charge in [0.1, 0.15) is 11.3 Å². The van der Waals surface area contributed by atoms with Gasteiger partial charge in [0, 0.05) is 31.0 Å². The molecule has 3 aromatic rings. The third kappa shape index (κ3) is 2.18. The lowest BCUT2D eigenvalue weighted by atomic mass is 10.2. The zero-order valence-electron chi connectivity index (χ0n) is 11.9. The molecule has 4 rings (SSSR count). The minimum atomic E-state index is -0.0175. The second-order valence-corrected chi connectivity index (χ2v) is 5.29. The van der Waals surface area contributed by atoms with Crippen molar-refractivity contribution < 1.29 is 4.79 Å². The molecule has 1 aliphatic heterocycles. The molecule has 4 heterocycles. The van der Waals surface area contributed by atoms with Gasteiger partial charge in [0.25, 0.3) is 5.91 Å². The number of nitrogens with one attached hydrogen (secondary N) is 1. The fraction of sp³-hybridized carbons (Fsp3) is 0.188. The van der Waals surface area contributed by atoms with E-state index in [4.69, 9.17) is 0 Å². The monoisotopic (exact) mass is 293 g/mol. The summed E-state index contributed by atoms with van der Waals surface area (Å²) in [5.74, 6) is -0.0175. The molecule has 0 fully saturated rings. The normalized spacial score (nSPS) is 14.6. The van der Waals surface area contributed by atoms with Crippen LogP contribution >= 0.6 is 0 Å². The lowest BCUT2D eigenvalue weighted by molar-refractivity contribution is 0.0766. The van der Waals surface area contributed by atoms with Crippen LogP contribution in [0.15, 0.2) is 49.2 Å². The Bertz CT molecular complexity index is 847. The summed E-state index contributed by atoms with van der Waals surface area (Å²) in [6.45, 7) is 1.41. The first-order valence-electron chi connectivity index (χ1n) is 7.23. The molecule has 1 amide bonds. The van der Waals surface area contributed by atoms with Crippen LogP contribution in [0.1, 0.15) is 16.9 Å². The average molecular weight is 293 g/mol. The van der Waals surface area contributed by atoms with Gasteiger partial charge in [-0.15, -0.1) is 0 Å². The minimum absolute atomic E-state index is 0.0175. The van der Waals surface area contributed by atoms with Gasteiger partial charge in [0.05, 0.1) is 18.2 Å². The number of fused-ring (bicyclic) bond motifs is 1. The Morgan fingerprint density at radius 3 is 2.95 bits per heavy atom. The van der Waals surface area contributed by atoms with Crippen LogP contribution in [0.3, 0.4) is 0 Å². The number of nitrogens with zero attached hydrogens (tertiary/aromatic N) is 4. The second-order valence-electron chi connectivity index (χ2n) is 5.29. The summed E-state index contributed by atoms with van der Waals surface area (Å²) in [5.41, 5.74) is 3.18. The van der Waals surface area contributed by atoms with Gasteiger partial charge < -0.3 is 14.3 Å². The van der Waals surface area contributed by atoms with E-state index in [9.17, 15) is 4.79 Å². The molecule has 6 nitrogen and oxygen atoms in total. The molecule has 0 spiro atoms. The Balaban J connectivity index is 1.68. The van der Waals surface area contributed by atoms with E-state index >= 15 is 0 Å². The third-order valence-corrected chi connectivity index (χ3v) is 3.82. The van der Waals surface area contributed by atoms with E-state index in [2.05, 4.69) is 21.0 Å². The molecule has 22 heavy (non-hydrogen) atoms. The van der Waals surface area contributed by atoms with Gasteiger partial charge >= 0.3 is 0 Å². The van der Waals surface area contributed by atoms with E-state index in [-0.39, 0.29) is 5.91 Å². The standard InChI is InChI=1S/C16H15N5O/c22-16(20-6-2-1-3-7-20)14-10-21-9-12(4-5-15(21)19-14)13-8-17-11-18-13/h1-2,4-5,8-11H,3,6-7H2,(H,17,18). The van der Waals surface area contributed by atoms with Crippen molar-refractivity contribution in [2.45, 2.75) is 6.42 Å². The summed E-state index contributed by atoms with van der Waals surface area (Å²) in [4.78, 5) is 25.8. The van der Waals surface area contributed by atoms with Gasteiger partial charge in [-0.3, -0.25) is 4.79 Å². The highest BCUT2D eigenvalue weighted by molar-refractivity contribution is 5.93. The number of hydrogen-bond donors (Lipinski definition) is 1. The van der Waals surface area contributed by atoms with Crippen molar-refractivity contribution in [3.05, 3.63) is 54.9 Å². The Labute approximate surface area is 127 Å². The highest BCUT2D eigenvalue weighted by atomic mass is 16.2. The molecule has 0 saturated carbocycles. The van der Waals surface area contributed by atoms with Crippen LogP contribution in [0, 0.1) is 0 Å². The van der Waals surface area contributed by atoms with Gasteiger partial charge in [0.15, 0.2) is 0 Å². The van der Waals surface area contributed by atoms with Crippen LogP contribution < -0.4 is 0 Å². The first kappa shape index (κ1) is 12.8. The molecular weight excluding hydrogens is 278 g/mol. The number of imidazole rings is 2. The number of amides is 1. The Hall–Kier alpha value is -2.89. The summed E-state index contributed by atoms with van der Waals surface area (Å²) in [5, 5.41) is 0. The number of aromatic amines is 1. The average Bonchev–Trinajstić information content (AvgIpc) is 3.23. The number of carbonyl (C=O) groups is 1. The molecule has 110 valence electrons. The van der Waals surface area contributed by atoms with Gasteiger partial charge in [-0.2, -0.15) is 0 Å². The molecule has 1 aliphatic rings. The summed E-state index contributed by atoms with van der Waals surface area (Å²) >= 11 is 0. The van der Waals surface area contributed by atoms with E-state index in [1.54, 1.807) is 18.7 Å². The van der Waals surface area contributed by atoms with Crippen molar-refractivity contribution in [3.63, 3.8) is 0 Å². The maximum absolute atomic E-state index is 12.5. The molecule has 0 atom stereocenters. The predicted molar refractivity (Wildman–Crippen MR) is 82.4 cm³/mol. The molecular formula is C16H15N5O. The fourth-order valence-corrected chi connectivity index (χ4v) is 2.66. The number of aromatic nitrogens is 4. The van der Waals surface area contributed by atoms with Gasteiger partial charge in [-0.05, 0) is 18.6 Å². The molecule has 0 aliphatic carbocycles. The van der Waals surface area contributed by atoms with Crippen molar-refractivity contribution in [2.75, 3.05) is 13.1 Å². The zero-order chi connectivity index (χ0) is 14.9. The maximum Gasteiger partial charge on any atom is 0.274 e. The minimum Gasteiger partial charge on any atom is -0.345 e. The van der Waals surface area contributed by atoms with E-state index in [0.29, 0.717) is 12.2 Å². The molecule has 0 unspecified atom stereocenters. The van der Waals surface area contributed by atoms with E-state index in [1.807, 2.05) is 33.7 Å². The first-order chi connectivity index (χ1) is 10.8. The maximum atomic E-state index is 12.5. The van der Waals surface area contributed by atoms with E-state index < -0.39 is 0 Å². The van der Waals surface area contributed by atoms with Crippen molar-refractivity contribution >= 4 is 11.6 Å². The van der Waals surface area contributed by atoms with E-state index in [1.165, 1.54) is 0 Å². The largest absolute Gasteiger partial charge is 0.345 e. The molecule has 0 aromatic carbocycles. The summed E-state index contributed by atoms with van der Waals surface area (Å²) in [7, 11) is 0. The lowest BCUT2D eigenvalue weighted by Crippen LogP contribution is -2.33. The Morgan fingerprint density at radius 1 is 1.23 bits per heavy atom. The summed E-state index contributed by atoms with van der Waals surface area (Å²) in [6.07, 6.45) is 12.2. The quantitative estimate of drug-likeness (QED) is 0.736. The SMILES string of the molecule is O=C(c1cn2cc(-c3cnc[nH]3)ccc2n1)N1CC=CCC1. The number of pyridine rings is 1. The van der Waals surface area contributed by atoms with Gasteiger partial charge in [-0.25, -0.2) is 9.97 Å². The molecule has 6 heteroatoms. The molecule has 3 aromatic heterocycles. The number of rotatable bonds is 2. The third-order valence-electron chi connectivity index (χ3n) is 3.82. The summed E-state index contributed by atoms with van der Waals surface area (Å²) < 4.78 is 1.88. The van der Waals surface area contributed by atoms with Crippen molar-refractivity contribution in [1.29, 1.82) is 0 Å². The Kier molecular flexibility index (Phi) is 3.00. The van der Waals surface area contributed by atoms with Crippen molar-refractivity contribution in [3.8, 4) is 11.3 Å². The fourth-order valence-electron chi connectivity index (χ4n) is 2.66.